The molecule has 0 amide bonds. The van der Waals surface area contributed by atoms with Crippen LogP contribution in [0, 0.1) is 5.41 Å². The lowest BCUT2D eigenvalue weighted by molar-refractivity contribution is 0.137. The third-order valence-corrected chi connectivity index (χ3v) is 3.77. The summed E-state index contributed by atoms with van der Waals surface area (Å²) in [6.45, 7) is 1.29. The molecule has 1 N–H and O–H groups in total. The second-order valence-corrected chi connectivity index (χ2v) is 5.06. The van der Waals surface area contributed by atoms with Crippen molar-refractivity contribution in [2.45, 2.75) is 25.7 Å². The molecule has 0 radical (unpaired) electrons. The monoisotopic (exact) mass is 219 g/mol. The van der Waals surface area contributed by atoms with Crippen molar-refractivity contribution in [3.63, 3.8) is 0 Å². The lowest BCUT2D eigenvalue weighted by atomic mass is 9.86. The van der Waals surface area contributed by atoms with E-state index >= 15 is 0 Å². The second-order valence-electron chi connectivity index (χ2n) is 5.06. The zero-order valence-corrected chi connectivity index (χ0v) is 10.0. The van der Waals surface area contributed by atoms with Crippen LogP contribution in [0.4, 0.5) is 5.69 Å². The maximum Gasteiger partial charge on any atom is 0.0504 e. The predicted molar refractivity (Wildman–Crippen MR) is 67.7 cm³/mol. The van der Waals surface area contributed by atoms with Gasteiger partial charge in [-0.2, -0.15) is 0 Å². The minimum Gasteiger partial charge on any atom is -0.396 e. The minimum absolute atomic E-state index is 0.143. The van der Waals surface area contributed by atoms with Gasteiger partial charge < -0.3 is 10.0 Å². The summed E-state index contributed by atoms with van der Waals surface area (Å²) in [5, 5.41) is 9.59. The summed E-state index contributed by atoms with van der Waals surface area (Å²) in [5.74, 6) is 0. The van der Waals surface area contributed by atoms with Crippen LogP contribution in [0.1, 0.15) is 25.7 Å². The molecule has 2 heteroatoms. The Morgan fingerprint density at radius 3 is 2.38 bits per heavy atom. The first-order chi connectivity index (χ1) is 7.76. The molecule has 1 aromatic carbocycles. The summed E-state index contributed by atoms with van der Waals surface area (Å²) in [7, 11) is 2.12. The highest BCUT2D eigenvalue weighted by Crippen LogP contribution is 2.38. The van der Waals surface area contributed by atoms with Crippen molar-refractivity contribution in [3.05, 3.63) is 30.3 Å². The fourth-order valence-electron chi connectivity index (χ4n) is 2.77. The molecule has 0 bridgehead atoms. The first-order valence-electron chi connectivity index (χ1n) is 6.13. The van der Waals surface area contributed by atoms with Gasteiger partial charge in [-0.05, 0) is 25.0 Å². The van der Waals surface area contributed by atoms with E-state index in [4.69, 9.17) is 0 Å². The van der Waals surface area contributed by atoms with Crippen molar-refractivity contribution in [2.24, 2.45) is 5.41 Å². The SMILES string of the molecule is CN(CC1(CO)CCCC1)c1ccccc1. The normalized spacial score (nSPS) is 18.6. The fourth-order valence-corrected chi connectivity index (χ4v) is 2.77. The zero-order chi connectivity index (χ0) is 11.4. The van der Waals surface area contributed by atoms with Crippen molar-refractivity contribution < 1.29 is 5.11 Å². The second kappa shape index (κ2) is 4.88. The number of aliphatic hydroxyl groups is 1. The van der Waals surface area contributed by atoms with Gasteiger partial charge >= 0.3 is 0 Å². The molecule has 16 heavy (non-hydrogen) atoms. The molecule has 1 aliphatic carbocycles. The summed E-state index contributed by atoms with van der Waals surface area (Å²) < 4.78 is 0. The molecular weight excluding hydrogens is 198 g/mol. The van der Waals surface area contributed by atoms with E-state index in [0.717, 1.165) is 6.54 Å². The van der Waals surface area contributed by atoms with Gasteiger partial charge in [0.1, 0.15) is 0 Å². The quantitative estimate of drug-likeness (QED) is 0.841. The molecule has 88 valence electrons. The van der Waals surface area contributed by atoms with Crippen molar-refractivity contribution in [2.75, 3.05) is 25.1 Å². The van der Waals surface area contributed by atoms with E-state index in [-0.39, 0.29) is 5.41 Å². The van der Waals surface area contributed by atoms with Gasteiger partial charge in [-0.25, -0.2) is 0 Å². The number of rotatable bonds is 4. The first-order valence-corrected chi connectivity index (χ1v) is 6.13. The molecule has 1 aromatic rings. The molecule has 2 nitrogen and oxygen atoms in total. The summed E-state index contributed by atoms with van der Waals surface area (Å²) in [4.78, 5) is 2.27. The number of hydrogen-bond acceptors (Lipinski definition) is 2. The standard InChI is InChI=1S/C14H21NO/c1-15(13-7-3-2-4-8-13)11-14(12-16)9-5-6-10-14/h2-4,7-8,16H,5-6,9-12H2,1H3. The molecule has 0 aliphatic heterocycles. The molecule has 0 spiro atoms. The average molecular weight is 219 g/mol. The minimum atomic E-state index is 0.143. The molecule has 0 saturated heterocycles. The van der Waals surface area contributed by atoms with Crippen LogP contribution in [0.5, 0.6) is 0 Å². The first kappa shape index (κ1) is 11.5. The Hall–Kier alpha value is -1.02. The zero-order valence-electron chi connectivity index (χ0n) is 10.0. The van der Waals surface area contributed by atoms with Gasteiger partial charge in [0.25, 0.3) is 0 Å². The van der Waals surface area contributed by atoms with Crippen LogP contribution in [0.25, 0.3) is 0 Å². The van der Waals surface area contributed by atoms with Gasteiger partial charge in [-0.3, -0.25) is 0 Å². The Morgan fingerprint density at radius 2 is 1.81 bits per heavy atom. The largest absolute Gasteiger partial charge is 0.396 e. The molecule has 1 aliphatic rings. The van der Waals surface area contributed by atoms with Crippen molar-refractivity contribution in [3.8, 4) is 0 Å². The third-order valence-electron chi connectivity index (χ3n) is 3.77. The highest BCUT2D eigenvalue weighted by atomic mass is 16.3. The Balaban J connectivity index is 2.03. The van der Waals surface area contributed by atoms with Gasteiger partial charge in [-0.1, -0.05) is 31.0 Å². The number of nitrogens with zero attached hydrogens (tertiary/aromatic N) is 1. The van der Waals surface area contributed by atoms with Gasteiger partial charge in [0, 0.05) is 24.7 Å². The number of hydrogen-bond donors (Lipinski definition) is 1. The Bertz CT molecular complexity index is 317. The molecule has 2 rings (SSSR count). The lowest BCUT2D eigenvalue weighted by Crippen LogP contribution is -2.36. The van der Waals surface area contributed by atoms with Gasteiger partial charge in [0.05, 0.1) is 6.61 Å². The average Bonchev–Trinajstić information content (AvgIpc) is 2.79. The van der Waals surface area contributed by atoms with Gasteiger partial charge in [0.2, 0.25) is 0 Å². The summed E-state index contributed by atoms with van der Waals surface area (Å²) >= 11 is 0. The van der Waals surface area contributed by atoms with E-state index in [0.29, 0.717) is 6.61 Å². The lowest BCUT2D eigenvalue weighted by Gasteiger charge is -2.33. The van der Waals surface area contributed by atoms with Crippen LogP contribution < -0.4 is 4.90 Å². The van der Waals surface area contributed by atoms with Crippen LogP contribution in [0.15, 0.2) is 30.3 Å². The maximum atomic E-state index is 9.59. The molecule has 1 fully saturated rings. The maximum absolute atomic E-state index is 9.59. The van der Waals surface area contributed by atoms with Crippen LogP contribution in [-0.2, 0) is 0 Å². The number of para-hydroxylation sites is 1. The van der Waals surface area contributed by atoms with Crippen LogP contribution in [0.3, 0.4) is 0 Å². The van der Waals surface area contributed by atoms with E-state index in [1.807, 2.05) is 6.07 Å². The van der Waals surface area contributed by atoms with Crippen LogP contribution in [-0.4, -0.2) is 25.3 Å². The smallest absolute Gasteiger partial charge is 0.0504 e. The number of aliphatic hydroxyl groups excluding tert-OH is 1. The van der Waals surface area contributed by atoms with E-state index in [9.17, 15) is 5.11 Å². The van der Waals surface area contributed by atoms with Crippen molar-refractivity contribution in [1.29, 1.82) is 0 Å². The topological polar surface area (TPSA) is 23.5 Å². The Labute approximate surface area is 97.9 Å². The van der Waals surface area contributed by atoms with Gasteiger partial charge in [0.15, 0.2) is 0 Å². The number of benzene rings is 1. The predicted octanol–water partition coefficient (Wildman–Crippen LogP) is 2.68. The van der Waals surface area contributed by atoms with Crippen molar-refractivity contribution in [1.82, 2.24) is 0 Å². The molecular formula is C14H21NO. The van der Waals surface area contributed by atoms with Gasteiger partial charge in [-0.15, -0.1) is 0 Å². The Morgan fingerprint density at radius 1 is 1.19 bits per heavy atom. The summed E-state index contributed by atoms with van der Waals surface area (Å²) in [6, 6.07) is 10.4. The van der Waals surface area contributed by atoms with Crippen molar-refractivity contribution >= 4 is 5.69 Å². The highest BCUT2D eigenvalue weighted by Gasteiger charge is 2.34. The summed E-state index contributed by atoms with van der Waals surface area (Å²) in [6.07, 6.45) is 4.87. The summed E-state index contributed by atoms with van der Waals surface area (Å²) in [5.41, 5.74) is 1.38. The fraction of sp³-hybridized carbons (Fsp3) is 0.571. The number of anilines is 1. The molecule has 0 unspecified atom stereocenters. The molecule has 1 saturated carbocycles. The van der Waals surface area contributed by atoms with E-state index in [2.05, 4.69) is 36.2 Å². The molecule has 0 aromatic heterocycles. The highest BCUT2D eigenvalue weighted by molar-refractivity contribution is 5.45. The third kappa shape index (κ3) is 2.38. The van der Waals surface area contributed by atoms with Crippen LogP contribution in [0.2, 0.25) is 0 Å². The van der Waals surface area contributed by atoms with E-state index in [1.165, 1.54) is 31.4 Å². The molecule has 0 atom stereocenters. The van der Waals surface area contributed by atoms with Crippen LogP contribution >= 0.6 is 0 Å². The van der Waals surface area contributed by atoms with E-state index < -0.39 is 0 Å². The van der Waals surface area contributed by atoms with E-state index in [1.54, 1.807) is 0 Å². The molecule has 0 heterocycles. The Kier molecular flexibility index (Phi) is 3.49.